The number of aliphatic hydroxyl groups is 5. The molecule has 0 amide bonds. The summed E-state index contributed by atoms with van der Waals surface area (Å²) >= 11 is 0. The van der Waals surface area contributed by atoms with E-state index in [9.17, 15) is 44.6 Å². The Morgan fingerprint density at radius 2 is 0.911 bits per heavy atom. The SMILES string of the molecule is CCCCCCCC/C=C\CCCCCCCCCC(=O)O[C@H](COC(=O)CCCCCCCCCCCC)COP(=O)(O)OC1C(O)C(O)C(O)[C@@H](O)C1O. The second kappa shape index (κ2) is 33.4. The second-order valence-corrected chi connectivity index (χ2v) is 17.0. The number of ether oxygens (including phenoxy) is 2. The van der Waals surface area contributed by atoms with E-state index >= 15 is 0 Å². The molecule has 6 N–H and O–H groups in total. The Morgan fingerprint density at radius 3 is 1.36 bits per heavy atom. The number of aliphatic hydroxyl groups excluding tert-OH is 5. The smallest absolute Gasteiger partial charge is 0.462 e. The van der Waals surface area contributed by atoms with Gasteiger partial charge in [-0.05, 0) is 38.5 Å². The molecule has 0 aliphatic heterocycles. The minimum Gasteiger partial charge on any atom is -0.462 e. The molecule has 8 atom stereocenters. The Kier molecular flexibility index (Phi) is 31.4. The van der Waals surface area contributed by atoms with Crippen molar-refractivity contribution >= 4 is 19.8 Å². The molecule has 0 aromatic rings. The maximum absolute atomic E-state index is 12.8. The van der Waals surface area contributed by atoms with Crippen molar-refractivity contribution in [2.24, 2.45) is 0 Å². The first kappa shape index (κ1) is 52.6. The van der Waals surface area contributed by atoms with Crippen LogP contribution in [-0.2, 0) is 32.7 Å². The third-order valence-electron chi connectivity index (χ3n) is 10.4. The average Bonchev–Trinajstić information content (AvgIpc) is 3.18. The molecule has 1 rings (SSSR count). The number of phosphoric acid groups is 1. The number of carbonyl (C=O) groups excluding carboxylic acids is 2. The van der Waals surface area contributed by atoms with Crippen LogP contribution in [0.25, 0.3) is 0 Å². The quantitative estimate of drug-likeness (QED) is 0.0154. The Hall–Kier alpha value is -1.41. The van der Waals surface area contributed by atoms with E-state index in [0.717, 1.165) is 51.4 Å². The zero-order chi connectivity index (χ0) is 41.4. The van der Waals surface area contributed by atoms with Gasteiger partial charge in [-0.1, -0.05) is 148 Å². The van der Waals surface area contributed by atoms with Gasteiger partial charge in [0.15, 0.2) is 6.10 Å². The van der Waals surface area contributed by atoms with Gasteiger partial charge in [0.2, 0.25) is 0 Å². The fourth-order valence-corrected chi connectivity index (χ4v) is 7.73. The molecule has 1 fully saturated rings. The van der Waals surface area contributed by atoms with Crippen molar-refractivity contribution in [1.82, 2.24) is 0 Å². The molecule has 1 aliphatic carbocycles. The van der Waals surface area contributed by atoms with Crippen molar-refractivity contribution < 1.29 is 63.1 Å². The fourth-order valence-electron chi connectivity index (χ4n) is 6.75. The summed E-state index contributed by atoms with van der Waals surface area (Å²) in [6, 6.07) is 0. The molecule has 13 nitrogen and oxygen atoms in total. The Bertz CT molecular complexity index is 1040. The van der Waals surface area contributed by atoms with Crippen LogP contribution in [0.4, 0.5) is 0 Å². The number of phosphoric ester groups is 1. The van der Waals surface area contributed by atoms with Crippen molar-refractivity contribution in [1.29, 1.82) is 0 Å². The van der Waals surface area contributed by atoms with E-state index in [1.165, 1.54) is 96.3 Å². The predicted octanol–water partition coefficient (Wildman–Crippen LogP) is 7.89. The predicted molar refractivity (Wildman–Crippen MR) is 217 cm³/mol. The zero-order valence-electron chi connectivity index (χ0n) is 34.7. The van der Waals surface area contributed by atoms with Gasteiger partial charge in [0.25, 0.3) is 0 Å². The van der Waals surface area contributed by atoms with E-state index in [1.807, 2.05) is 0 Å². The van der Waals surface area contributed by atoms with Crippen LogP contribution < -0.4 is 0 Å². The Labute approximate surface area is 337 Å². The maximum Gasteiger partial charge on any atom is 0.472 e. The molecule has 0 bridgehead atoms. The molecule has 330 valence electrons. The minimum atomic E-state index is -5.11. The van der Waals surface area contributed by atoms with Gasteiger partial charge in [0.05, 0.1) is 6.61 Å². The lowest BCUT2D eigenvalue weighted by atomic mass is 9.85. The molecule has 0 spiro atoms. The van der Waals surface area contributed by atoms with Crippen molar-refractivity contribution in [2.45, 2.75) is 230 Å². The first-order valence-electron chi connectivity index (χ1n) is 22.0. The van der Waals surface area contributed by atoms with E-state index in [2.05, 4.69) is 26.0 Å². The normalized spacial score (nSPS) is 22.9. The summed E-state index contributed by atoms with van der Waals surface area (Å²) in [4.78, 5) is 35.5. The molecule has 56 heavy (non-hydrogen) atoms. The minimum absolute atomic E-state index is 0.0955. The Balaban J connectivity index is 2.46. The fraction of sp³-hybridized carbons (Fsp3) is 0.905. The largest absolute Gasteiger partial charge is 0.472 e. The van der Waals surface area contributed by atoms with Crippen LogP contribution in [0.5, 0.6) is 0 Å². The highest BCUT2D eigenvalue weighted by Gasteiger charge is 2.51. The van der Waals surface area contributed by atoms with Crippen molar-refractivity contribution in [3.8, 4) is 0 Å². The van der Waals surface area contributed by atoms with E-state index in [1.54, 1.807) is 0 Å². The highest BCUT2D eigenvalue weighted by Crippen LogP contribution is 2.47. The van der Waals surface area contributed by atoms with Crippen LogP contribution in [0.1, 0.15) is 187 Å². The average molecular weight is 823 g/mol. The lowest BCUT2D eigenvalue weighted by molar-refractivity contribution is -0.220. The molecule has 0 heterocycles. The third-order valence-corrected chi connectivity index (χ3v) is 11.3. The molecular weight excluding hydrogens is 743 g/mol. The number of rotatable bonds is 36. The summed E-state index contributed by atoms with van der Waals surface area (Å²) in [5, 5.41) is 50.0. The van der Waals surface area contributed by atoms with Gasteiger partial charge in [-0.25, -0.2) is 4.57 Å². The number of esters is 2. The summed E-state index contributed by atoms with van der Waals surface area (Å²) in [5.41, 5.74) is 0. The van der Waals surface area contributed by atoms with Gasteiger partial charge >= 0.3 is 19.8 Å². The maximum atomic E-state index is 12.8. The number of unbranched alkanes of at least 4 members (excludes halogenated alkanes) is 22. The van der Waals surface area contributed by atoms with Crippen molar-refractivity contribution in [3.63, 3.8) is 0 Å². The van der Waals surface area contributed by atoms with Crippen LogP contribution in [0.3, 0.4) is 0 Å². The van der Waals surface area contributed by atoms with Gasteiger partial charge in [-0.15, -0.1) is 0 Å². The second-order valence-electron chi connectivity index (χ2n) is 15.6. The zero-order valence-corrected chi connectivity index (χ0v) is 35.6. The molecular formula is C42H79O13P. The van der Waals surface area contributed by atoms with E-state index in [4.69, 9.17) is 18.5 Å². The summed E-state index contributed by atoms with van der Waals surface area (Å²) < 4.78 is 33.4. The Morgan fingerprint density at radius 1 is 0.536 bits per heavy atom. The lowest BCUT2D eigenvalue weighted by Crippen LogP contribution is -2.64. The summed E-state index contributed by atoms with van der Waals surface area (Å²) in [6.07, 6.45) is 19.9. The molecule has 0 aromatic carbocycles. The summed E-state index contributed by atoms with van der Waals surface area (Å²) in [5.74, 6) is -1.10. The molecule has 1 aliphatic rings. The van der Waals surface area contributed by atoms with Gasteiger partial charge in [-0.3, -0.25) is 18.6 Å². The van der Waals surface area contributed by atoms with Crippen LogP contribution in [0.15, 0.2) is 12.2 Å². The van der Waals surface area contributed by atoms with Crippen LogP contribution >= 0.6 is 7.82 Å². The lowest BCUT2D eigenvalue weighted by Gasteiger charge is -2.41. The standard InChI is InChI=1S/C42H79O13P/c1-3-5-7-9-11-13-15-16-17-18-19-20-21-23-25-27-29-31-36(44)54-34(32-52-35(43)30-28-26-24-22-14-12-10-8-6-4-2)33-53-56(50,51)55-42-40(48)38(46)37(45)39(47)41(42)49/h16-17,34,37-42,45-49H,3-15,18-33H2,1-2H3,(H,50,51)/b17-16-/t34-,37?,38-,39?,40?,41?,42?/m1/s1. The summed E-state index contributed by atoms with van der Waals surface area (Å²) in [6.45, 7) is 3.27. The van der Waals surface area contributed by atoms with Gasteiger partial charge in [0, 0.05) is 12.8 Å². The van der Waals surface area contributed by atoms with Crippen molar-refractivity contribution in [3.05, 3.63) is 12.2 Å². The number of carbonyl (C=O) groups is 2. The topological polar surface area (TPSA) is 210 Å². The number of hydrogen-bond donors (Lipinski definition) is 6. The molecule has 1 saturated carbocycles. The van der Waals surface area contributed by atoms with Gasteiger partial charge in [-0.2, -0.15) is 0 Å². The van der Waals surface area contributed by atoms with Gasteiger partial charge < -0.3 is 39.9 Å². The van der Waals surface area contributed by atoms with Crippen LogP contribution in [0.2, 0.25) is 0 Å². The van der Waals surface area contributed by atoms with E-state index in [-0.39, 0.29) is 12.8 Å². The van der Waals surface area contributed by atoms with Gasteiger partial charge in [0.1, 0.15) is 43.2 Å². The number of allylic oxidation sites excluding steroid dienone is 2. The highest BCUT2D eigenvalue weighted by atomic mass is 31.2. The molecule has 0 aromatic heterocycles. The van der Waals surface area contributed by atoms with Crippen LogP contribution in [-0.4, -0.2) is 98.3 Å². The molecule has 14 heteroatoms. The molecule has 0 radical (unpaired) electrons. The van der Waals surface area contributed by atoms with Crippen molar-refractivity contribution in [2.75, 3.05) is 13.2 Å². The van der Waals surface area contributed by atoms with E-state index < -0.39 is 75.7 Å². The summed E-state index contributed by atoms with van der Waals surface area (Å²) in [7, 11) is -5.11. The number of hydrogen-bond acceptors (Lipinski definition) is 12. The molecule has 0 saturated heterocycles. The molecule has 6 unspecified atom stereocenters. The third kappa shape index (κ3) is 25.8. The van der Waals surface area contributed by atoms with Crippen LogP contribution in [0, 0.1) is 0 Å². The first-order valence-corrected chi connectivity index (χ1v) is 23.5. The monoisotopic (exact) mass is 823 g/mol. The highest BCUT2D eigenvalue weighted by molar-refractivity contribution is 7.47. The van der Waals surface area contributed by atoms with E-state index in [0.29, 0.717) is 12.8 Å². The first-order chi connectivity index (χ1) is 26.9.